The molecule has 0 spiro atoms. The largest absolute Gasteiger partial charge is 0.496 e. The molecular weight excluding hydrogens is 392 g/mol. The van der Waals surface area contributed by atoms with Gasteiger partial charge in [0.05, 0.1) is 21.3 Å². The zero-order valence-corrected chi connectivity index (χ0v) is 16.5. The summed E-state index contributed by atoms with van der Waals surface area (Å²) in [7, 11) is 4.55. The van der Waals surface area contributed by atoms with Crippen LogP contribution in [-0.4, -0.2) is 42.0 Å². The van der Waals surface area contributed by atoms with Crippen molar-refractivity contribution in [1.82, 2.24) is 20.6 Å². The Hall–Kier alpha value is -4.08. The van der Waals surface area contributed by atoms with Crippen molar-refractivity contribution in [1.29, 1.82) is 0 Å². The predicted octanol–water partition coefficient (Wildman–Crippen LogP) is 2.58. The highest BCUT2D eigenvalue weighted by molar-refractivity contribution is 5.87. The van der Waals surface area contributed by atoms with Crippen molar-refractivity contribution in [3.05, 3.63) is 52.4 Å². The molecule has 0 atom stereocenters. The number of aromatic nitrogens is 4. The van der Waals surface area contributed by atoms with Crippen molar-refractivity contribution in [3.8, 4) is 34.3 Å². The van der Waals surface area contributed by atoms with Gasteiger partial charge in [-0.25, -0.2) is 0 Å². The zero-order valence-electron chi connectivity index (χ0n) is 16.5. The summed E-state index contributed by atoms with van der Waals surface area (Å²) in [5.74, 6) is 1.90. The molecule has 1 N–H and O–H groups in total. The third-order valence-electron chi connectivity index (χ3n) is 4.44. The third-order valence-corrected chi connectivity index (χ3v) is 4.44. The average molecular weight is 410 g/mol. The van der Waals surface area contributed by atoms with E-state index in [0.29, 0.717) is 28.4 Å². The monoisotopic (exact) mass is 410 g/mol. The summed E-state index contributed by atoms with van der Waals surface area (Å²) in [5.41, 5.74) is 0.538. The Bertz CT molecular complexity index is 1240. The first kappa shape index (κ1) is 19.2. The van der Waals surface area contributed by atoms with E-state index in [9.17, 15) is 4.79 Å². The lowest BCUT2D eigenvalue weighted by Gasteiger charge is -2.14. The van der Waals surface area contributed by atoms with Gasteiger partial charge in [0, 0.05) is 5.56 Å². The molecule has 10 nitrogen and oxygen atoms in total. The van der Waals surface area contributed by atoms with Crippen LogP contribution in [0.2, 0.25) is 0 Å². The number of hydrogen-bond donors (Lipinski definition) is 1. The van der Waals surface area contributed by atoms with Crippen LogP contribution < -0.4 is 24.4 Å². The molecule has 0 aliphatic heterocycles. The van der Waals surface area contributed by atoms with Gasteiger partial charge in [-0.1, -0.05) is 11.3 Å². The number of methoxy groups -OCH3 is 3. The summed E-state index contributed by atoms with van der Waals surface area (Å²) in [5, 5.41) is 13.8. The minimum atomic E-state index is -0.387. The Morgan fingerprint density at radius 2 is 1.80 bits per heavy atom. The molecule has 2 heterocycles. The highest BCUT2D eigenvalue weighted by Gasteiger charge is 2.22. The smallest absolute Gasteiger partial charge is 0.239 e. The van der Waals surface area contributed by atoms with Crippen molar-refractivity contribution in [2.24, 2.45) is 0 Å². The lowest BCUT2D eigenvalue weighted by Crippen LogP contribution is -2.12. The molecule has 2 aromatic heterocycles. The summed E-state index contributed by atoms with van der Waals surface area (Å²) >= 11 is 0. The van der Waals surface area contributed by atoms with E-state index in [0.717, 1.165) is 0 Å². The first-order chi connectivity index (χ1) is 14.7. The van der Waals surface area contributed by atoms with Crippen molar-refractivity contribution in [2.45, 2.75) is 6.61 Å². The molecule has 10 heteroatoms. The zero-order chi connectivity index (χ0) is 21.1. The van der Waals surface area contributed by atoms with E-state index in [-0.39, 0.29) is 34.8 Å². The van der Waals surface area contributed by atoms with E-state index in [2.05, 4.69) is 20.6 Å². The second-order valence-corrected chi connectivity index (χ2v) is 6.11. The van der Waals surface area contributed by atoms with Gasteiger partial charge in [-0.15, -0.1) is 10.2 Å². The number of H-pyrrole nitrogens is 1. The fourth-order valence-corrected chi connectivity index (χ4v) is 3.04. The maximum absolute atomic E-state index is 13.4. The standard InChI is InChI=1S/C20H18N4O6/c1-26-12-8-7-11(9-15(12)28-3)19-20(29-10-16-21-23-24-22-16)18(25)17-13(27-2)5-4-6-14(17)30-19/h4-9H,10H2,1-3H3,(H,21,22,23,24). The van der Waals surface area contributed by atoms with Crippen LogP contribution in [0.4, 0.5) is 0 Å². The quantitative estimate of drug-likeness (QED) is 0.490. The number of nitrogens with one attached hydrogen (secondary N) is 1. The maximum Gasteiger partial charge on any atom is 0.239 e. The van der Waals surface area contributed by atoms with E-state index in [4.69, 9.17) is 23.4 Å². The van der Waals surface area contributed by atoms with E-state index in [1.54, 1.807) is 43.5 Å². The van der Waals surface area contributed by atoms with Crippen LogP contribution in [0.1, 0.15) is 5.82 Å². The number of tetrazole rings is 1. The SMILES string of the molecule is COc1ccc(-c2oc3cccc(OC)c3c(=O)c2OCc2nn[nH]n2)cc1OC. The lowest BCUT2D eigenvalue weighted by atomic mass is 10.1. The summed E-state index contributed by atoms with van der Waals surface area (Å²) in [4.78, 5) is 13.4. The van der Waals surface area contributed by atoms with Gasteiger partial charge in [-0.3, -0.25) is 4.79 Å². The second kappa shape index (κ2) is 8.11. The van der Waals surface area contributed by atoms with Crippen LogP contribution in [0.5, 0.6) is 23.0 Å². The number of aromatic amines is 1. The molecule has 0 unspecified atom stereocenters. The van der Waals surface area contributed by atoms with Gasteiger partial charge < -0.3 is 23.4 Å². The van der Waals surface area contributed by atoms with Crippen LogP contribution in [0, 0.1) is 0 Å². The fourth-order valence-electron chi connectivity index (χ4n) is 3.04. The molecule has 0 radical (unpaired) electrons. The molecule has 0 aliphatic rings. The van der Waals surface area contributed by atoms with Crippen LogP contribution >= 0.6 is 0 Å². The average Bonchev–Trinajstić information content (AvgIpc) is 3.31. The van der Waals surface area contributed by atoms with E-state index in [1.165, 1.54) is 14.2 Å². The molecule has 154 valence electrons. The summed E-state index contributed by atoms with van der Waals surface area (Å²) in [6, 6.07) is 10.3. The molecule has 0 saturated heterocycles. The summed E-state index contributed by atoms with van der Waals surface area (Å²) < 4.78 is 27.9. The Balaban J connectivity index is 1.93. The van der Waals surface area contributed by atoms with Gasteiger partial charge in [0.2, 0.25) is 17.0 Å². The number of ether oxygens (including phenoxy) is 4. The van der Waals surface area contributed by atoms with Gasteiger partial charge in [0.15, 0.2) is 23.9 Å². The van der Waals surface area contributed by atoms with Gasteiger partial charge in [-0.05, 0) is 30.3 Å². The summed E-state index contributed by atoms with van der Waals surface area (Å²) in [6.45, 7) is -0.0811. The topological polar surface area (TPSA) is 122 Å². The number of benzene rings is 2. The van der Waals surface area contributed by atoms with E-state index < -0.39 is 0 Å². The number of fused-ring (bicyclic) bond motifs is 1. The van der Waals surface area contributed by atoms with Gasteiger partial charge in [-0.2, -0.15) is 5.21 Å². The molecule has 30 heavy (non-hydrogen) atoms. The van der Waals surface area contributed by atoms with Crippen molar-refractivity contribution >= 4 is 11.0 Å². The number of rotatable bonds is 7. The minimum Gasteiger partial charge on any atom is -0.496 e. The van der Waals surface area contributed by atoms with E-state index >= 15 is 0 Å². The molecule has 2 aromatic carbocycles. The molecular formula is C20H18N4O6. The first-order valence-corrected chi connectivity index (χ1v) is 8.87. The molecule has 0 saturated carbocycles. The molecule has 4 rings (SSSR count). The second-order valence-electron chi connectivity index (χ2n) is 6.11. The summed E-state index contributed by atoms with van der Waals surface area (Å²) in [6.07, 6.45) is 0. The molecule has 4 aromatic rings. The Morgan fingerprint density at radius 1 is 1.00 bits per heavy atom. The predicted molar refractivity (Wildman–Crippen MR) is 106 cm³/mol. The van der Waals surface area contributed by atoms with Crippen molar-refractivity contribution < 1.29 is 23.4 Å². The van der Waals surface area contributed by atoms with Crippen molar-refractivity contribution in [2.75, 3.05) is 21.3 Å². The maximum atomic E-state index is 13.4. The molecule has 0 aliphatic carbocycles. The first-order valence-electron chi connectivity index (χ1n) is 8.87. The highest BCUT2D eigenvalue weighted by atomic mass is 16.5. The van der Waals surface area contributed by atoms with Crippen LogP contribution in [0.3, 0.4) is 0 Å². The Labute approximate surface area is 170 Å². The van der Waals surface area contributed by atoms with Crippen LogP contribution in [0.25, 0.3) is 22.3 Å². The number of hydrogen-bond acceptors (Lipinski definition) is 9. The van der Waals surface area contributed by atoms with Gasteiger partial charge in [0.1, 0.15) is 16.7 Å². The fraction of sp³-hybridized carbons (Fsp3) is 0.200. The lowest BCUT2D eigenvalue weighted by molar-refractivity contribution is 0.288. The Morgan fingerprint density at radius 3 is 2.50 bits per heavy atom. The van der Waals surface area contributed by atoms with Crippen LogP contribution in [-0.2, 0) is 6.61 Å². The van der Waals surface area contributed by atoms with E-state index in [1.807, 2.05) is 0 Å². The third kappa shape index (κ3) is 3.39. The highest BCUT2D eigenvalue weighted by Crippen LogP contribution is 2.38. The Kier molecular flexibility index (Phi) is 5.21. The van der Waals surface area contributed by atoms with Crippen LogP contribution in [0.15, 0.2) is 45.6 Å². The minimum absolute atomic E-state index is 0.0102. The molecule has 0 fully saturated rings. The normalized spacial score (nSPS) is 10.8. The molecule has 0 bridgehead atoms. The van der Waals surface area contributed by atoms with Gasteiger partial charge in [0.25, 0.3) is 0 Å². The number of nitrogens with zero attached hydrogens (tertiary/aromatic N) is 3. The van der Waals surface area contributed by atoms with Gasteiger partial charge >= 0.3 is 0 Å². The molecule has 0 amide bonds. The van der Waals surface area contributed by atoms with Crippen molar-refractivity contribution in [3.63, 3.8) is 0 Å².